The number of unbranched alkanes of at least 4 members (excludes halogenated alkanes) is 1. The van der Waals surface area contributed by atoms with Crippen molar-refractivity contribution < 1.29 is 14.6 Å². The zero-order valence-electron chi connectivity index (χ0n) is 20.0. The van der Waals surface area contributed by atoms with E-state index in [1.165, 1.54) is 27.8 Å². The third kappa shape index (κ3) is 8.39. The molecular weight excluding hydrogens is 444 g/mol. The summed E-state index contributed by atoms with van der Waals surface area (Å²) in [7, 11) is 0. The monoisotopic (exact) mass is 476 g/mol. The molecule has 0 bridgehead atoms. The average molecular weight is 477 g/mol. The smallest absolute Gasteiger partial charge is 0.303 e. The van der Waals surface area contributed by atoms with E-state index in [0.29, 0.717) is 13.0 Å². The number of hydrogen-bond acceptors (Lipinski definition) is 2. The van der Waals surface area contributed by atoms with Crippen LogP contribution in [0.3, 0.4) is 0 Å². The minimum Gasteiger partial charge on any atom is -0.494 e. The summed E-state index contributed by atoms with van der Waals surface area (Å²) in [5.74, 6) is 0.128. The number of hydrogen-bond donors (Lipinski definition) is 1. The number of benzene rings is 3. The number of carboxylic acid groups (broad SMARTS) is 1. The summed E-state index contributed by atoms with van der Waals surface area (Å²) in [4.78, 5) is 10.6. The lowest BCUT2D eigenvalue weighted by Crippen LogP contribution is -1.99. The number of ether oxygens (including phenoxy) is 1. The number of rotatable bonds is 12. The van der Waals surface area contributed by atoms with Crippen molar-refractivity contribution in [3.05, 3.63) is 99.6 Å². The van der Waals surface area contributed by atoms with Crippen LogP contribution in [0.4, 0.5) is 0 Å². The van der Waals surface area contributed by atoms with Crippen molar-refractivity contribution in [3.63, 3.8) is 0 Å². The summed E-state index contributed by atoms with van der Waals surface area (Å²) >= 11 is 6.27. The number of aryl methyl sites for hydroxylation is 3. The molecule has 0 amide bonds. The van der Waals surface area contributed by atoms with E-state index in [1.807, 2.05) is 30.3 Å². The number of carboxylic acids is 1. The zero-order valence-corrected chi connectivity index (χ0v) is 20.8. The zero-order chi connectivity index (χ0) is 24.3. The molecule has 0 aliphatic carbocycles. The normalized spacial score (nSPS) is 11.4. The summed E-state index contributed by atoms with van der Waals surface area (Å²) in [5.41, 5.74) is 7.35. The molecule has 34 heavy (non-hydrogen) atoms. The van der Waals surface area contributed by atoms with Gasteiger partial charge in [0, 0.05) is 11.4 Å². The van der Waals surface area contributed by atoms with Crippen molar-refractivity contribution in [2.45, 2.75) is 52.4 Å². The molecule has 0 saturated heterocycles. The van der Waals surface area contributed by atoms with E-state index in [9.17, 15) is 4.79 Å². The Kier molecular flexibility index (Phi) is 9.78. The first-order valence-corrected chi connectivity index (χ1v) is 12.3. The van der Waals surface area contributed by atoms with Gasteiger partial charge in [-0.1, -0.05) is 60.1 Å². The molecule has 0 saturated carbocycles. The average Bonchev–Trinajstić information content (AvgIpc) is 2.82. The van der Waals surface area contributed by atoms with Crippen molar-refractivity contribution in [3.8, 4) is 5.75 Å². The first-order valence-electron chi connectivity index (χ1n) is 11.9. The van der Waals surface area contributed by atoms with Crippen molar-refractivity contribution >= 4 is 29.2 Å². The van der Waals surface area contributed by atoms with E-state index in [2.05, 4.69) is 56.3 Å². The molecule has 0 fully saturated rings. The van der Waals surface area contributed by atoms with Gasteiger partial charge >= 0.3 is 5.97 Å². The van der Waals surface area contributed by atoms with Gasteiger partial charge in [-0.25, -0.2) is 0 Å². The molecule has 0 heterocycles. The van der Waals surface area contributed by atoms with Gasteiger partial charge in [0.2, 0.25) is 0 Å². The number of aliphatic carboxylic acids is 1. The summed E-state index contributed by atoms with van der Waals surface area (Å²) in [6, 6.07) is 22.7. The molecule has 0 spiro atoms. The molecule has 1 N–H and O–H groups in total. The van der Waals surface area contributed by atoms with E-state index >= 15 is 0 Å². The van der Waals surface area contributed by atoms with Gasteiger partial charge in [-0.05, 0) is 104 Å². The van der Waals surface area contributed by atoms with Crippen LogP contribution >= 0.6 is 11.6 Å². The predicted molar refractivity (Wildman–Crippen MR) is 142 cm³/mol. The second-order valence-electron chi connectivity index (χ2n) is 8.72. The summed E-state index contributed by atoms with van der Waals surface area (Å²) in [6.07, 6.45) is 6.73. The van der Waals surface area contributed by atoms with E-state index in [1.54, 1.807) is 0 Å². The highest BCUT2D eigenvalue weighted by molar-refractivity contribution is 6.30. The van der Waals surface area contributed by atoms with Gasteiger partial charge in [0.1, 0.15) is 5.75 Å². The Hall–Kier alpha value is -3.04. The van der Waals surface area contributed by atoms with Crippen LogP contribution in [0.2, 0.25) is 5.02 Å². The maximum absolute atomic E-state index is 10.6. The maximum Gasteiger partial charge on any atom is 0.303 e. The highest BCUT2D eigenvalue weighted by atomic mass is 35.5. The fourth-order valence-electron chi connectivity index (χ4n) is 3.85. The first-order chi connectivity index (χ1) is 16.4. The Morgan fingerprint density at radius 2 is 1.71 bits per heavy atom. The van der Waals surface area contributed by atoms with E-state index < -0.39 is 5.97 Å². The van der Waals surface area contributed by atoms with Crippen molar-refractivity contribution in [2.75, 3.05) is 6.61 Å². The fraction of sp³-hybridized carbons (Fsp3) is 0.300. The fourth-order valence-corrected chi connectivity index (χ4v) is 4.04. The lowest BCUT2D eigenvalue weighted by Gasteiger charge is -2.11. The molecule has 3 aromatic carbocycles. The van der Waals surface area contributed by atoms with E-state index in [-0.39, 0.29) is 6.42 Å². The van der Waals surface area contributed by atoms with Gasteiger partial charge in [-0.3, -0.25) is 4.79 Å². The van der Waals surface area contributed by atoms with Crippen LogP contribution < -0.4 is 4.74 Å². The molecule has 3 nitrogen and oxygen atoms in total. The number of carbonyl (C=O) groups is 1. The lowest BCUT2D eigenvalue weighted by molar-refractivity contribution is -0.137. The van der Waals surface area contributed by atoms with E-state index in [4.69, 9.17) is 21.4 Å². The van der Waals surface area contributed by atoms with Crippen LogP contribution in [0.1, 0.15) is 59.9 Å². The standard InChI is InChI=1S/C30H33ClO3/c1-22-12-13-25(19-23(22)2)20-26(27-8-5-10-28(31)21-27)9-6-18-34-29-16-14-24(15-17-29)7-3-4-11-30(32)33/h5,8,10,12-17,19-21H,3-4,6-7,9,11,18H2,1-2H3,(H,32,33)/b26-20+. The van der Waals surface area contributed by atoms with Gasteiger partial charge < -0.3 is 9.84 Å². The molecule has 0 aliphatic rings. The van der Waals surface area contributed by atoms with Crippen molar-refractivity contribution in [2.24, 2.45) is 0 Å². The molecule has 4 heteroatoms. The van der Waals surface area contributed by atoms with Crippen LogP contribution in [0, 0.1) is 13.8 Å². The second kappa shape index (κ2) is 13.0. The quantitative estimate of drug-likeness (QED) is 0.212. The highest BCUT2D eigenvalue weighted by Crippen LogP contribution is 2.26. The Morgan fingerprint density at radius 3 is 2.41 bits per heavy atom. The molecule has 3 rings (SSSR count). The third-order valence-electron chi connectivity index (χ3n) is 5.96. The maximum atomic E-state index is 10.6. The van der Waals surface area contributed by atoms with Crippen LogP contribution in [0.5, 0.6) is 5.75 Å². The first kappa shape index (κ1) is 25.6. The van der Waals surface area contributed by atoms with Crippen LogP contribution in [0.15, 0.2) is 66.7 Å². The molecule has 3 aromatic rings. The number of allylic oxidation sites excluding steroid dienone is 1. The minimum atomic E-state index is -0.730. The van der Waals surface area contributed by atoms with Gasteiger partial charge in [-0.2, -0.15) is 0 Å². The Balaban J connectivity index is 1.56. The molecule has 178 valence electrons. The second-order valence-corrected chi connectivity index (χ2v) is 9.16. The van der Waals surface area contributed by atoms with Gasteiger partial charge in [-0.15, -0.1) is 0 Å². The van der Waals surface area contributed by atoms with Crippen molar-refractivity contribution in [1.82, 2.24) is 0 Å². The topological polar surface area (TPSA) is 46.5 Å². The molecule has 0 aliphatic heterocycles. The predicted octanol–water partition coefficient (Wildman–Crippen LogP) is 8.15. The third-order valence-corrected chi connectivity index (χ3v) is 6.19. The van der Waals surface area contributed by atoms with Gasteiger partial charge in [0.25, 0.3) is 0 Å². The largest absolute Gasteiger partial charge is 0.494 e. The Bertz CT molecular complexity index is 1120. The molecular formula is C30H33ClO3. The molecule has 0 atom stereocenters. The van der Waals surface area contributed by atoms with Gasteiger partial charge in [0.15, 0.2) is 0 Å². The van der Waals surface area contributed by atoms with Gasteiger partial charge in [0.05, 0.1) is 6.61 Å². The molecule has 0 aromatic heterocycles. The Labute approximate surface area is 208 Å². The summed E-state index contributed by atoms with van der Waals surface area (Å²) in [5, 5.41) is 9.47. The Morgan fingerprint density at radius 1 is 0.912 bits per heavy atom. The molecule has 0 unspecified atom stereocenters. The SMILES string of the molecule is Cc1ccc(/C=C(\CCCOc2ccc(CCCCC(=O)O)cc2)c2cccc(Cl)c2)cc1C. The lowest BCUT2D eigenvalue weighted by atomic mass is 9.97. The van der Waals surface area contributed by atoms with Crippen LogP contribution in [-0.2, 0) is 11.2 Å². The summed E-state index contributed by atoms with van der Waals surface area (Å²) in [6.45, 7) is 4.90. The highest BCUT2D eigenvalue weighted by Gasteiger charge is 2.06. The van der Waals surface area contributed by atoms with Crippen LogP contribution in [0.25, 0.3) is 11.6 Å². The minimum absolute atomic E-state index is 0.232. The molecule has 0 radical (unpaired) electrons. The summed E-state index contributed by atoms with van der Waals surface area (Å²) < 4.78 is 5.98. The van der Waals surface area contributed by atoms with Crippen LogP contribution in [-0.4, -0.2) is 17.7 Å². The van der Waals surface area contributed by atoms with E-state index in [0.717, 1.165) is 42.0 Å². The number of halogens is 1. The van der Waals surface area contributed by atoms with Crippen molar-refractivity contribution in [1.29, 1.82) is 0 Å².